The Bertz CT molecular complexity index is 389. The summed E-state index contributed by atoms with van der Waals surface area (Å²) in [6, 6.07) is 3.79. The lowest BCUT2D eigenvalue weighted by atomic mass is 10.1. The van der Waals surface area contributed by atoms with Crippen LogP contribution in [0.3, 0.4) is 0 Å². The number of hydrogen-bond acceptors (Lipinski definition) is 2. The van der Waals surface area contributed by atoms with Gasteiger partial charge in [0.1, 0.15) is 0 Å². The van der Waals surface area contributed by atoms with Crippen LogP contribution in [-0.4, -0.2) is 23.9 Å². The van der Waals surface area contributed by atoms with Crippen molar-refractivity contribution in [2.24, 2.45) is 0 Å². The molecule has 1 aromatic rings. The van der Waals surface area contributed by atoms with Crippen molar-refractivity contribution < 1.29 is 4.79 Å². The van der Waals surface area contributed by atoms with Gasteiger partial charge in [-0.3, -0.25) is 4.79 Å². The average Bonchev–Trinajstić information content (AvgIpc) is 2.65. The molecule has 1 aliphatic heterocycles. The number of nitrogens with zero attached hydrogens (tertiary/aromatic N) is 1. The van der Waals surface area contributed by atoms with Crippen LogP contribution in [0.4, 0.5) is 0 Å². The van der Waals surface area contributed by atoms with Gasteiger partial charge in [-0.25, -0.2) is 0 Å². The minimum absolute atomic E-state index is 0.151. The molecule has 0 bridgehead atoms. The first kappa shape index (κ1) is 10.9. The Labute approximate surface area is 102 Å². The molecule has 2 heterocycles. The van der Waals surface area contributed by atoms with Crippen LogP contribution >= 0.6 is 27.3 Å². The minimum atomic E-state index is 0.151. The van der Waals surface area contributed by atoms with Crippen molar-refractivity contribution in [2.75, 3.05) is 13.1 Å². The fraction of sp³-hybridized carbons (Fsp3) is 0.364. The zero-order valence-corrected chi connectivity index (χ0v) is 10.7. The number of likely N-dealkylation sites (tertiary alicyclic amines) is 1. The predicted molar refractivity (Wildman–Crippen MR) is 66.3 cm³/mol. The summed E-state index contributed by atoms with van der Waals surface area (Å²) in [6.45, 7) is 5.57. The van der Waals surface area contributed by atoms with Gasteiger partial charge in [0.05, 0.1) is 8.66 Å². The van der Waals surface area contributed by atoms with Gasteiger partial charge in [-0.15, -0.1) is 11.3 Å². The molecule has 1 aromatic heterocycles. The lowest BCUT2D eigenvalue weighted by molar-refractivity contribution is 0.0748. The summed E-state index contributed by atoms with van der Waals surface area (Å²) in [5, 5.41) is 0. The van der Waals surface area contributed by atoms with E-state index in [4.69, 9.17) is 0 Å². The van der Waals surface area contributed by atoms with Crippen LogP contribution in [-0.2, 0) is 0 Å². The molecule has 0 unspecified atom stereocenters. The number of piperidine rings is 1. The van der Waals surface area contributed by atoms with Gasteiger partial charge in [-0.05, 0) is 40.9 Å². The van der Waals surface area contributed by atoms with Crippen LogP contribution in [0.5, 0.6) is 0 Å². The largest absolute Gasteiger partial charge is 0.337 e. The predicted octanol–water partition coefficient (Wildman–Crippen LogP) is 3.30. The van der Waals surface area contributed by atoms with Gasteiger partial charge >= 0.3 is 0 Å². The van der Waals surface area contributed by atoms with Crippen molar-refractivity contribution in [1.29, 1.82) is 0 Å². The highest BCUT2D eigenvalue weighted by molar-refractivity contribution is 9.11. The Balaban J connectivity index is 2.05. The smallest absolute Gasteiger partial charge is 0.263 e. The van der Waals surface area contributed by atoms with E-state index in [1.165, 1.54) is 16.9 Å². The molecule has 0 aliphatic carbocycles. The molecule has 2 nitrogen and oxygen atoms in total. The van der Waals surface area contributed by atoms with E-state index >= 15 is 0 Å². The number of carbonyl (C=O) groups is 1. The molecule has 0 atom stereocenters. The Kier molecular flexibility index (Phi) is 3.26. The topological polar surface area (TPSA) is 20.3 Å². The summed E-state index contributed by atoms with van der Waals surface area (Å²) in [5.41, 5.74) is 1.26. The fourth-order valence-corrected chi connectivity index (χ4v) is 2.97. The van der Waals surface area contributed by atoms with Gasteiger partial charge in [-0.1, -0.05) is 12.2 Å². The molecular formula is C11H12BrNOS. The first-order valence-electron chi connectivity index (χ1n) is 4.88. The normalized spacial score (nSPS) is 16.9. The summed E-state index contributed by atoms with van der Waals surface area (Å²) in [5.74, 6) is 0.151. The molecule has 1 saturated heterocycles. The first-order chi connectivity index (χ1) is 7.16. The number of amides is 1. The quantitative estimate of drug-likeness (QED) is 0.725. The van der Waals surface area contributed by atoms with Crippen LogP contribution in [0.2, 0.25) is 0 Å². The van der Waals surface area contributed by atoms with E-state index in [1.54, 1.807) is 0 Å². The molecule has 1 amide bonds. The van der Waals surface area contributed by atoms with Crippen LogP contribution in [0.15, 0.2) is 28.1 Å². The summed E-state index contributed by atoms with van der Waals surface area (Å²) >= 11 is 4.86. The Morgan fingerprint density at radius 1 is 1.40 bits per heavy atom. The maximum absolute atomic E-state index is 12.0. The van der Waals surface area contributed by atoms with E-state index in [0.29, 0.717) is 0 Å². The molecule has 4 heteroatoms. The Morgan fingerprint density at radius 3 is 2.60 bits per heavy atom. The number of carbonyl (C=O) groups excluding carboxylic acids is 1. The number of rotatable bonds is 1. The zero-order valence-electron chi connectivity index (χ0n) is 8.33. The molecule has 80 valence electrons. The van der Waals surface area contributed by atoms with Crippen molar-refractivity contribution in [3.05, 3.63) is 32.9 Å². The van der Waals surface area contributed by atoms with Gasteiger partial charge in [-0.2, -0.15) is 0 Å². The van der Waals surface area contributed by atoms with Crippen LogP contribution in [0.1, 0.15) is 22.5 Å². The summed E-state index contributed by atoms with van der Waals surface area (Å²) < 4.78 is 1.01. The molecule has 0 N–H and O–H groups in total. The van der Waals surface area contributed by atoms with Crippen molar-refractivity contribution in [3.8, 4) is 0 Å². The second-order valence-electron chi connectivity index (χ2n) is 3.65. The van der Waals surface area contributed by atoms with E-state index in [-0.39, 0.29) is 5.91 Å². The molecule has 1 aliphatic rings. The van der Waals surface area contributed by atoms with Gasteiger partial charge < -0.3 is 4.90 Å². The standard InChI is InChI=1S/C11H12BrNOS/c1-8-4-6-13(7-5-8)11(14)9-2-3-10(12)15-9/h2-3H,1,4-7H2. The number of halogens is 1. The summed E-state index contributed by atoms with van der Waals surface area (Å²) in [7, 11) is 0. The monoisotopic (exact) mass is 285 g/mol. The average molecular weight is 286 g/mol. The molecule has 0 spiro atoms. The van der Waals surface area contributed by atoms with Crippen LogP contribution in [0.25, 0.3) is 0 Å². The molecule has 15 heavy (non-hydrogen) atoms. The third-order valence-electron chi connectivity index (χ3n) is 2.54. The first-order valence-corrected chi connectivity index (χ1v) is 6.49. The molecule has 0 aromatic carbocycles. The van der Waals surface area contributed by atoms with Gasteiger partial charge in [0.2, 0.25) is 0 Å². The van der Waals surface area contributed by atoms with Gasteiger partial charge in [0.25, 0.3) is 5.91 Å². The Hall–Kier alpha value is -0.610. The van der Waals surface area contributed by atoms with Crippen LogP contribution < -0.4 is 0 Å². The van der Waals surface area contributed by atoms with Crippen LogP contribution in [0, 0.1) is 0 Å². The third-order valence-corrected chi connectivity index (χ3v) is 4.15. The molecule has 0 radical (unpaired) electrons. The maximum Gasteiger partial charge on any atom is 0.263 e. The minimum Gasteiger partial charge on any atom is -0.337 e. The summed E-state index contributed by atoms with van der Waals surface area (Å²) in [4.78, 5) is 14.7. The van der Waals surface area contributed by atoms with Crippen molar-refractivity contribution in [3.63, 3.8) is 0 Å². The molecule has 0 saturated carbocycles. The van der Waals surface area contributed by atoms with Gasteiger partial charge in [0.15, 0.2) is 0 Å². The van der Waals surface area contributed by atoms with Crippen molar-refractivity contribution >= 4 is 33.2 Å². The van der Waals surface area contributed by atoms with E-state index < -0.39 is 0 Å². The number of hydrogen-bond donors (Lipinski definition) is 0. The fourth-order valence-electron chi connectivity index (χ4n) is 1.61. The third kappa shape index (κ3) is 2.49. The van der Waals surface area contributed by atoms with E-state index in [0.717, 1.165) is 34.6 Å². The highest BCUT2D eigenvalue weighted by atomic mass is 79.9. The lowest BCUT2D eigenvalue weighted by Gasteiger charge is -2.27. The second-order valence-corrected chi connectivity index (χ2v) is 6.11. The van der Waals surface area contributed by atoms with Crippen molar-refractivity contribution in [1.82, 2.24) is 4.90 Å². The van der Waals surface area contributed by atoms with E-state index in [9.17, 15) is 4.79 Å². The Morgan fingerprint density at radius 2 is 2.07 bits per heavy atom. The highest BCUT2D eigenvalue weighted by Crippen LogP contribution is 2.24. The highest BCUT2D eigenvalue weighted by Gasteiger charge is 2.20. The molecular weight excluding hydrogens is 274 g/mol. The second kappa shape index (κ2) is 4.49. The van der Waals surface area contributed by atoms with Gasteiger partial charge in [0, 0.05) is 13.1 Å². The lowest BCUT2D eigenvalue weighted by Crippen LogP contribution is -2.35. The SMILES string of the molecule is C=C1CCN(C(=O)c2ccc(Br)s2)CC1. The van der Waals surface area contributed by atoms with E-state index in [1.807, 2.05) is 17.0 Å². The van der Waals surface area contributed by atoms with Crippen molar-refractivity contribution in [2.45, 2.75) is 12.8 Å². The maximum atomic E-state index is 12.0. The molecule has 1 fully saturated rings. The number of thiophene rings is 1. The van der Waals surface area contributed by atoms with E-state index in [2.05, 4.69) is 22.5 Å². The zero-order chi connectivity index (χ0) is 10.8. The molecule has 2 rings (SSSR count). The summed E-state index contributed by atoms with van der Waals surface area (Å²) in [6.07, 6.45) is 1.89.